The molecule has 0 amide bonds. The molecule has 2 rings (SSSR count). The molecule has 0 aliphatic carbocycles. The van der Waals surface area contributed by atoms with Gasteiger partial charge in [0.05, 0.1) is 5.69 Å². The van der Waals surface area contributed by atoms with Crippen molar-refractivity contribution >= 4 is 0 Å². The third kappa shape index (κ3) is 1.05. The van der Waals surface area contributed by atoms with Gasteiger partial charge in [0.25, 0.3) is 0 Å². The molecule has 11 heavy (non-hydrogen) atoms. The molecule has 1 aliphatic heterocycles. The summed E-state index contributed by atoms with van der Waals surface area (Å²) in [6.45, 7) is 5.34. The van der Waals surface area contributed by atoms with E-state index < -0.39 is 0 Å². The summed E-state index contributed by atoms with van der Waals surface area (Å²) in [4.78, 5) is 6.58. The van der Waals surface area contributed by atoms with Crippen molar-refractivity contribution < 1.29 is 0 Å². The predicted octanol–water partition coefficient (Wildman–Crippen LogP) is 0.637. The zero-order valence-electron chi connectivity index (χ0n) is 7.04. The third-order valence-corrected chi connectivity index (χ3v) is 2.27. The molecule has 1 aliphatic rings. The van der Waals surface area contributed by atoms with Crippen LogP contribution < -0.4 is 0 Å². The van der Waals surface area contributed by atoms with Crippen molar-refractivity contribution in [2.24, 2.45) is 0 Å². The Morgan fingerprint density at radius 3 is 3.09 bits per heavy atom. The van der Waals surface area contributed by atoms with Crippen LogP contribution in [0.2, 0.25) is 0 Å². The quantitative estimate of drug-likeness (QED) is 0.542. The molecule has 0 unspecified atom stereocenters. The smallest absolute Gasteiger partial charge is 0.105 e. The van der Waals surface area contributed by atoms with E-state index in [-0.39, 0.29) is 0 Å². The largest absolute Gasteiger partial charge is 0.330 e. The lowest BCUT2D eigenvalue weighted by atomic mass is 10.3. The van der Waals surface area contributed by atoms with E-state index in [1.165, 1.54) is 5.69 Å². The maximum absolute atomic E-state index is 4.27. The Morgan fingerprint density at radius 1 is 1.45 bits per heavy atom. The molecule has 0 saturated carbocycles. The molecule has 0 fully saturated rings. The van der Waals surface area contributed by atoms with Crippen LogP contribution in [-0.4, -0.2) is 28.0 Å². The Kier molecular flexibility index (Phi) is 1.46. The van der Waals surface area contributed by atoms with Crippen molar-refractivity contribution in [3.63, 3.8) is 0 Å². The maximum atomic E-state index is 4.27. The molecular formula is C8H13N3. The molecule has 60 valence electrons. The first-order valence-corrected chi connectivity index (χ1v) is 3.97. The van der Waals surface area contributed by atoms with Gasteiger partial charge in [0.15, 0.2) is 0 Å². The number of likely N-dealkylation sites (N-methyl/N-ethyl adjacent to an activating group) is 1. The van der Waals surface area contributed by atoms with Crippen LogP contribution in [0.15, 0.2) is 6.20 Å². The summed E-state index contributed by atoms with van der Waals surface area (Å²) in [5, 5.41) is 0. The lowest BCUT2D eigenvalue weighted by Gasteiger charge is -2.24. The molecule has 0 atom stereocenters. The lowest BCUT2D eigenvalue weighted by Crippen LogP contribution is -2.30. The van der Waals surface area contributed by atoms with Gasteiger partial charge >= 0.3 is 0 Å². The molecule has 0 radical (unpaired) electrons. The van der Waals surface area contributed by atoms with Gasteiger partial charge in [-0.2, -0.15) is 0 Å². The van der Waals surface area contributed by atoms with Crippen molar-refractivity contribution in [3.8, 4) is 0 Å². The van der Waals surface area contributed by atoms with Gasteiger partial charge in [0, 0.05) is 25.8 Å². The first-order chi connectivity index (χ1) is 5.27. The van der Waals surface area contributed by atoms with Crippen LogP contribution >= 0.6 is 0 Å². The minimum absolute atomic E-state index is 1.04. The van der Waals surface area contributed by atoms with E-state index in [0.29, 0.717) is 0 Å². The molecule has 1 aromatic rings. The lowest BCUT2D eigenvalue weighted by molar-refractivity contribution is 0.268. The standard InChI is InChI=1S/C8H13N3/c1-7-9-5-8-6-10(2)3-4-11(7)8/h5H,3-4,6H2,1-2H3. The number of aromatic nitrogens is 2. The Hall–Kier alpha value is -0.830. The fourth-order valence-corrected chi connectivity index (χ4v) is 1.57. The molecule has 3 nitrogen and oxygen atoms in total. The van der Waals surface area contributed by atoms with E-state index in [2.05, 4.69) is 28.4 Å². The van der Waals surface area contributed by atoms with E-state index >= 15 is 0 Å². The summed E-state index contributed by atoms with van der Waals surface area (Å²) in [5.74, 6) is 1.15. The molecule has 0 saturated heterocycles. The number of imidazole rings is 1. The van der Waals surface area contributed by atoms with Crippen molar-refractivity contribution in [1.82, 2.24) is 14.5 Å². The summed E-state index contributed by atoms with van der Waals surface area (Å²) >= 11 is 0. The highest BCUT2D eigenvalue weighted by molar-refractivity contribution is 5.06. The number of nitrogens with zero attached hydrogens (tertiary/aromatic N) is 3. The normalized spacial score (nSPS) is 18.4. The van der Waals surface area contributed by atoms with Gasteiger partial charge in [-0.1, -0.05) is 0 Å². The van der Waals surface area contributed by atoms with Gasteiger partial charge in [-0.15, -0.1) is 0 Å². The molecule has 3 heteroatoms. The van der Waals surface area contributed by atoms with Crippen LogP contribution in [0.1, 0.15) is 11.5 Å². The highest BCUT2D eigenvalue weighted by Gasteiger charge is 2.13. The summed E-state index contributed by atoms with van der Waals surface area (Å²) in [6.07, 6.45) is 1.98. The molecule has 2 heterocycles. The average Bonchev–Trinajstić information content (AvgIpc) is 2.32. The second-order valence-corrected chi connectivity index (χ2v) is 3.19. The van der Waals surface area contributed by atoms with Gasteiger partial charge in [-0.05, 0) is 14.0 Å². The van der Waals surface area contributed by atoms with Crippen molar-refractivity contribution in [3.05, 3.63) is 17.7 Å². The second-order valence-electron chi connectivity index (χ2n) is 3.19. The van der Waals surface area contributed by atoms with Crippen LogP contribution in [0.25, 0.3) is 0 Å². The van der Waals surface area contributed by atoms with Crippen molar-refractivity contribution in [2.75, 3.05) is 13.6 Å². The van der Waals surface area contributed by atoms with Crippen LogP contribution in [0.3, 0.4) is 0 Å². The minimum atomic E-state index is 1.04. The zero-order valence-corrected chi connectivity index (χ0v) is 7.04. The second kappa shape index (κ2) is 2.34. The highest BCUT2D eigenvalue weighted by Crippen LogP contribution is 2.11. The molecule has 0 spiro atoms. The Labute approximate surface area is 66.6 Å². The molecular weight excluding hydrogens is 138 g/mol. The number of aryl methyl sites for hydroxylation is 1. The van der Waals surface area contributed by atoms with E-state index in [1.807, 2.05) is 6.20 Å². The van der Waals surface area contributed by atoms with E-state index in [4.69, 9.17) is 0 Å². The van der Waals surface area contributed by atoms with Crippen LogP contribution in [-0.2, 0) is 13.1 Å². The summed E-state index contributed by atoms with van der Waals surface area (Å²) in [7, 11) is 2.14. The van der Waals surface area contributed by atoms with Crippen molar-refractivity contribution in [2.45, 2.75) is 20.0 Å². The van der Waals surface area contributed by atoms with E-state index in [1.54, 1.807) is 0 Å². The van der Waals surface area contributed by atoms with Crippen LogP contribution in [0, 0.1) is 6.92 Å². The monoisotopic (exact) mass is 151 g/mol. The fraction of sp³-hybridized carbons (Fsp3) is 0.625. The van der Waals surface area contributed by atoms with Gasteiger partial charge in [0.1, 0.15) is 5.82 Å². The minimum Gasteiger partial charge on any atom is -0.330 e. The van der Waals surface area contributed by atoms with Crippen LogP contribution in [0.5, 0.6) is 0 Å². The fourth-order valence-electron chi connectivity index (χ4n) is 1.57. The van der Waals surface area contributed by atoms with Crippen LogP contribution in [0.4, 0.5) is 0 Å². The Morgan fingerprint density at radius 2 is 2.27 bits per heavy atom. The van der Waals surface area contributed by atoms with E-state index in [0.717, 1.165) is 25.5 Å². The molecule has 0 N–H and O–H groups in total. The van der Waals surface area contributed by atoms with Gasteiger partial charge < -0.3 is 4.57 Å². The summed E-state index contributed by atoms with van der Waals surface area (Å²) < 4.78 is 2.29. The number of rotatable bonds is 0. The molecule has 0 bridgehead atoms. The molecule has 0 aromatic carbocycles. The van der Waals surface area contributed by atoms with E-state index in [9.17, 15) is 0 Å². The zero-order chi connectivity index (χ0) is 7.84. The van der Waals surface area contributed by atoms with Gasteiger partial charge in [-0.25, -0.2) is 4.98 Å². The highest BCUT2D eigenvalue weighted by atomic mass is 15.2. The maximum Gasteiger partial charge on any atom is 0.105 e. The SMILES string of the molecule is Cc1ncc2n1CCN(C)C2. The predicted molar refractivity (Wildman–Crippen MR) is 43.3 cm³/mol. The summed E-state index contributed by atoms with van der Waals surface area (Å²) in [6, 6.07) is 0. The number of hydrogen-bond acceptors (Lipinski definition) is 2. The number of hydrogen-bond donors (Lipinski definition) is 0. The Bertz CT molecular complexity index is 264. The summed E-state index contributed by atoms with van der Waals surface area (Å²) in [5.41, 5.74) is 1.34. The first kappa shape index (κ1) is 6.85. The van der Waals surface area contributed by atoms with Gasteiger partial charge in [0.2, 0.25) is 0 Å². The number of fused-ring (bicyclic) bond motifs is 1. The first-order valence-electron chi connectivity index (χ1n) is 3.97. The Balaban J connectivity index is 2.36. The average molecular weight is 151 g/mol. The molecule has 1 aromatic heterocycles. The van der Waals surface area contributed by atoms with Crippen molar-refractivity contribution in [1.29, 1.82) is 0 Å². The topological polar surface area (TPSA) is 21.1 Å². The van der Waals surface area contributed by atoms with Gasteiger partial charge in [-0.3, -0.25) is 4.90 Å². The third-order valence-electron chi connectivity index (χ3n) is 2.27.